The summed E-state index contributed by atoms with van der Waals surface area (Å²) in [7, 11) is 1.13. The van der Waals surface area contributed by atoms with Gasteiger partial charge in [0.15, 0.2) is 0 Å². The summed E-state index contributed by atoms with van der Waals surface area (Å²) < 4.78 is 58.7. The van der Waals surface area contributed by atoms with E-state index in [0.29, 0.717) is 17.3 Å². The van der Waals surface area contributed by atoms with Crippen LogP contribution in [0.3, 0.4) is 0 Å². The fourth-order valence-corrected chi connectivity index (χ4v) is 4.67. The highest BCUT2D eigenvalue weighted by Crippen LogP contribution is 2.38. The standard InChI is InChI=1S/C30H26F4N4O4/c1-17(35)24-25(18-11-13-21(31)14-12-18)26(37-28(40)19-7-6-8-20(15-19)30(32,33)34)29(41)38(16-23(39)42-2)27(24)36-22-9-4-3-5-10-22/h3-15,25-26,35-36H,16H2,1-2H3,(H,37,40)/t25-,26?/m0/s1. The maximum absolute atomic E-state index is 14.1. The highest BCUT2D eigenvalue weighted by atomic mass is 19.4. The van der Waals surface area contributed by atoms with Crippen LogP contribution >= 0.6 is 0 Å². The van der Waals surface area contributed by atoms with Gasteiger partial charge in [0.1, 0.15) is 24.2 Å². The lowest BCUT2D eigenvalue weighted by Gasteiger charge is -2.41. The average molecular weight is 583 g/mol. The van der Waals surface area contributed by atoms with Crippen LogP contribution in [0, 0.1) is 11.2 Å². The van der Waals surface area contributed by atoms with Crippen molar-refractivity contribution in [1.82, 2.24) is 10.2 Å². The van der Waals surface area contributed by atoms with Crippen LogP contribution in [0.15, 0.2) is 90.3 Å². The lowest BCUT2D eigenvalue weighted by atomic mass is 9.79. The third-order valence-electron chi connectivity index (χ3n) is 6.62. The number of carbonyl (C=O) groups excluding carboxylic acids is 3. The van der Waals surface area contributed by atoms with Crippen molar-refractivity contribution in [3.8, 4) is 0 Å². The number of nitrogens with zero attached hydrogens (tertiary/aromatic N) is 1. The molecular formula is C30H26F4N4O4. The van der Waals surface area contributed by atoms with Gasteiger partial charge in [0.25, 0.3) is 11.8 Å². The Hall–Kier alpha value is -5.00. The second kappa shape index (κ2) is 12.2. The minimum atomic E-state index is -4.71. The van der Waals surface area contributed by atoms with E-state index in [9.17, 15) is 31.9 Å². The molecule has 0 bridgehead atoms. The van der Waals surface area contributed by atoms with E-state index in [1.807, 2.05) is 0 Å². The number of hydrogen-bond acceptors (Lipinski definition) is 6. The number of alkyl halides is 3. The molecule has 0 saturated carbocycles. The number of benzene rings is 3. The molecule has 3 aromatic carbocycles. The number of anilines is 1. The largest absolute Gasteiger partial charge is 0.468 e. The summed E-state index contributed by atoms with van der Waals surface area (Å²) in [6.45, 7) is 0.837. The molecule has 3 aromatic rings. The predicted molar refractivity (Wildman–Crippen MR) is 146 cm³/mol. The minimum absolute atomic E-state index is 0.0524. The third-order valence-corrected chi connectivity index (χ3v) is 6.62. The Morgan fingerprint density at radius 2 is 1.67 bits per heavy atom. The Bertz CT molecular complexity index is 1540. The first-order valence-corrected chi connectivity index (χ1v) is 12.6. The van der Waals surface area contributed by atoms with Gasteiger partial charge in [-0.3, -0.25) is 19.3 Å². The van der Waals surface area contributed by atoms with Crippen molar-refractivity contribution in [2.24, 2.45) is 0 Å². The molecule has 0 saturated heterocycles. The first-order valence-electron chi connectivity index (χ1n) is 12.6. The minimum Gasteiger partial charge on any atom is -0.468 e. The van der Waals surface area contributed by atoms with E-state index < -0.39 is 53.8 Å². The second-order valence-electron chi connectivity index (χ2n) is 9.44. The van der Waals surface area contributed by atoms with Crippen LogP contribution in [0.5, 0.6) is 0 Å². The molecule has 1 heterocycles. The van der Waals surface area contributed by atoms with Gasteiger partial charge < -0.3 is 20.8 Å². The van der Waals surface area contributed by atoms with Gasteiger partial charge >= 0.3 is 12.1 Å². The maximum atomic E-state index is 14.1. The van der Waals surface area contributed by atoms with Crippen molar-refractivity contribution in [2.45, 2.75) is 25.1 Å². The van der Waals surface area contributed by atoms with Gasteiger partial charge in [-0.2, -0.15) is 13.2 Å². The monoisotopic (exact) mass is 582 g/mol. The number of nitrogens with one attached hydrogen (secondary N) is 3. The number of carbonyl (C=O) groups is 3. The average Bonchev–Trinajstić information content (AvgIpc) is 2.96. The normalized spacial score (nSPS) is 17.1. The van der Waals surface area contributed by atoms with E-state index in [1.54, 1.807) is 30.3 Å². The summed E-state index contributed by atoms with van der Waals surface area (Å²) in [6, 6.07) is 15.9. The van der Waals surface area contributed by atoms with E-state index in [0.717, 1.165) is 42.3 Å². The van der Waals surface area contributed by atoms with E-state index in [1.165, 1.54) is 19.1 Å². The van der Waals surface area contributed by atoms with Gasteiger partial charge in [-0.25, -0.2) is 4.39 Å². The molecule has 0 aromatic heterocycles. The molecule has 0 radical (unpaired) electrons. The quantitative estimate of drug-likeness (QED) is 0.194. The summed E-state index contributed by atoms with van der Waals surface area (Å²) in [5.74, 6) is -4.21. The van der Waals surface area contributed by atoms with Crippen molar-refractivity contribution in [1.29, 1.82) is 5.41 Å². The Morgan fingerprint density at radius 3 is 2.26 bits per heavy atom. The van der Waals surface area contributed by atoms with Crippen molar-refractivity contribution >= 4 is 29.2 Å². The molecule has 8 nitrogen and oxygen atoms in total. The van der Waals surface area contributed by atoms with Gasteiger partial charge in [-0.1, -0.05) is 36.4 Å². The molecule has 1 aliphatic rings. The van der Waals surface area contributed by atoms with Crippen molar-refractivity contribution in [3.63, 3.8) is 0 Å². The van der Waals surface area contributed by atoms with Crippen molar-refractivity contribution < 1.29 is 36.7 Å². The maximum Gasteiger partial charge on any atom is 0.416 e. The Kier molecular flexibility index (Phi) is 8.74. The molecule has 218 valence electrons. The number of ether oxygens (including phenoxy) is 1. The van der Waals surface area contributed by atoms with Gasteiger partial charge in [-0.15, -0.1) is 0 Å². The molecule has 4 rings (SSSR count). The van der Waals surface area contributed by atoms with Crippen LogP contribution in [0.25, 0.3) is 0 Å². The van der Waals surface area contributed by atoms with Gasteiger partial charge in [0.05, 0.1) is 12.7 Å². The van der Waals surface area contributed by atoms with Crippen LogP contribution in [0.4, 0.5) is 23.2 Å². The zero-order valence-corrected chi connectivity index (χ0v) is 22.5. The third kappa shape index (κ3) is 6.48. The number of halogens is 4. The Labute approximate surface area is 238 Å². The molecule has 42 heavy (non-hydrogen) atoms. The summed E-state index contributed by atoms with van der Waals surface area (Å²) in [5, 5.41) is 14.3. The van der Waals surface area contributed by atoms with Crippen LogP contribution < -0.4 is 10.6 Å². The Balaban J connectivity index is 1.89. The van der Waals surface area contributed by atoms with Gasteiger partial charge in [0.2, 0.25) is 0 Å². The number of rotatable bonds is 8. The molecule has 2 amide bonds. The lowest BCUT2D eigenvalue weighted by molar-refractivity contribution is -0.146. The van der Waals surface area contributed by atoms with E-state index in [2.05, 4.69) is 10.6 Å². The molecule has 2 atom stereocenters. The molecule has 3 N–H and O–H groups in total. The highest BCUT2D eigenvalue weighted by Gasteiger charge is 2.45. The van der Waals surface area contributed by atoms with Crippen molar-refractivity contribution in [2.75, 3.05) is 19.0 Å². The first kappa shape index (κ1) is 30.0. The van der Waals surface area contributed by atoms with E-state index in [4.69, 9.17) is 10.1 Å². The fourth-order valence-electron chi connectivity index (χ4n) is 4.67. The smallest absolute Gasteiger partial charge is 0.416 e. The van der Waals surface area contributed by atoms with Crippen LogP contribution in [-0.4, -0.2) is 48.1 Å². The number of para-hydroxylation sites is 1. The Morgan fingerprint density at radius 1 is 1.00 bits per heavy atom. The predicted octanol–water partition coefficient (Wildman–Crippen LogP) is 5.11. The highest BCUT2D eigenvalue weighted by molar-refractivity contribution is 6.05. The molecule has 1 unspecified atom stereocenters. The number of esters is 1. The van der Waals surface area contributed by atoms with E-state index >= 15 is 0 Å². The molecule has 1 aliphatic heterocycles. The van der Waals surface area contributed by atoms with Crippen LogP contribution in [0.1, 0.15) is 34.3 Å². The number of methoxy groups -OCH3 is 1. The SMILES string of the molecule is COC(=O)CN1C(=O)C(NC(=O)c2cccc(C(F)(F)F)c2)[C@@H](c2ccc(F)cc2)C(C(C)=N)=C1Nc1ccccc1. The number of amides is 2. The van der Waals surface area contributed by atoms with Crippen LogP contribution in [-0.2, 0) is 20.5 Å². The molecule has 12 heteroatoms. The first-order chi connectivity index (χ1) is 19.9. The lowest BCUT2D eigenvalue weighted by Crippen LogP contribution is -2.57. The summed E-state index contributed by atoms with van der Waals surface area (Å²) in [4.78, 5) is 40.8. The molecule has 0 aliphatic carbocycles. The topological polar surface area (TPSA) is 112 Å². The van der Waals surface area contributed by atoms with Gasteiger partial charge in [0, 0.05) is 28.5 Å². The molecule has 0 fully saturated rings. The zero-order chi connectivity index (χ0) is 30.6. The van der Waals surface area contributed by atoms with Gasteiger partial charge in [-0.05, 0) is 55.0 Å². The van der Waals surface area contributed by atoms with Crippen molar-refractivity contribution in [3.05, 3.63) is 113 Å². The van der Waals surface area contributed by atoms with E-state index in [-0.39, 0.29) is 22.7 Å². The second-order valence-corrected chi connectivity index (χ2v) is 9.44. The zero-order valence-electron chi connectivity index (χ0n) is 22.5. The number of hydrogen-bond donors (Lipinski definition) is 3. The molecule has 0 spiro atoms. The van der Waals surface area contributed by atoms with Crippen LogP contribution in [0.2, 0.25) is 0 Å². The summed E-state index contributed by atoms with van der Waals surface area (Å²) >= 11 is 0. The summed E-state index contributed by atoms with van der Waals surface area (Å²) in [6.07, 6.45) is -4.71. The summed E-state index contributed by atoms with van der Waals surface area (Å²) in [5.41, 5.74) is -0.436. The molecular weight excluding hydrogens is 556 g/mol. The fraction of sp³-hybridized carbons (Fsp3) is 0.200.